The molecule has 0 fully saturated rings. The molecule has 0 N–H and O–H groups in total. The van der Waals surface area contributed by atoms with Crippen molar-refractivity contribution >= 4 is 62.0 Å². The van der Waals surface area contributed by atoms with E-state index in [1.165, 1.54) is 71.3 Å². The molecule has 0 atom stereocenters. The van der Waals surface area contributed by atoms with Crippen molar-refractivity contribution in [1.29, 1.82) is 0 Å². The van der Waals surface area contributed by atoms with Crippen molar-refractivity contribution in [2.75, 3.05) is 4.90 Å². The fourth-order valence-corrected chi connectivity index (χ4v) is 7.77. The van der Waals surface area contributed by atoms with Crippen LogP contribution in [0.15, 0.2) is 193 Å². The number of fused-ring (bicyclic) bond motifs is 6. The molecule has 0 saturated heterocycles. The molecule has 0 aromatic heterocycles. The fourth-order valence-electron chi connectivity index (χ4n) is 7.62. The molecule has 0 bridgehead atoms. The first-order valence-electron chi connectivity index (χ1n) is 17.4. The number of anilines is 3. The van der Waals surface area contributed by atoms with Crippen LogP contribution >= 0.6 is 12.6 Å². The lowest BCUT2D eigenvalue weighted by molar-refractivity contribution is 1.27. The van der Waals surface area contributed by atoms with Crippen molar-refractivity contribution in [3.8, 4) is 33.4 Å². The number of nitrogens with zero attached hydrogens (tertiary/aromatic N) is 1. The Kier molecular flexibility index (Phi) is 7.87. The van der Waals surface area contributed by atoms with Gasteiger partial charge in [-0.1, -0.05) is 139 Å². The zero-order valence-corrected chi connectivity index (χ0v) is 29.2. The largest absolute Gasteiger partial charge is 0.310 e. The van der Waals surface area contributed by atoms with Gasteiger partial charge in [0.05, 0.1) is 0 Å². The average Bonchev–Trinajstić information content (AvgIpc) is 3.20. The lowest BCUT2D eigenvalue weighted by atomic mass is 9.81. The summed E-state index contributed by atoms with van der Waals surface area (Å²) in [6.07, 6.45) is 0. The number of hydrogen-bond acceptors (Lipinski definition) is 2. The van der Waals surface area contributed by atoms with Gasteiger partial charge in [0.15, 0.2) is 0 Å². The van der Waals surface area contributed by atoms with Gasteiger partial charge in [0, 0.05) is 22.0 Å². The molecule has 0 aliphatic carbocycles. The Hall–Kier alpha value is -6.09. The minimum Gasteiger partial charge on any atom is -0.310 e. The van der Waals surface area contributed by atoms with Crippen molar-refractivity contribution in [2.24, 2.45) is 0 Å². The summed E-state index contributed by atoms with van der Waals surface area (Å²) in [5, 5.41) is 7.48. The van der Waals surface area contributed by atoms with E-state index in [2.05, 4.69) is 213 Å². The highest BCUT2D eigenvalue weighted by Crippen LogP contribution is 2.50. The zero-order chi connectivity index (χ0) is 34.3. The van der Waals surface area contributed by atoms with Crippen LogP contribution in [0.2, 0.25) is 0 Å². The Morgan fingerprint density at radius 3 is 1.49 bits per heavy atom. The molecule has 0 heterocycles. The van der Waals surface area contributed by atoms with Crippen LogP contribution in [0, 0.1) is 6.92 Å². The van der Waals surface area contributed by atoms with Crippen LogP contribution in [0.5, 0.6) is 0 Å². The van der Waals surface area contributed by atoms with E-state index in [4.69, 9.17) is 0 Å². The van der Waals surface area contributed by atoms with Crippen LogP contribution < -0.4 is 4.90 Å². The molecule has 0 amide bonds. The van der Waals surface area contributed by atoms with Gasteiger partial charge < -0.3 is 4.90 Å². The molecule has 0 saturated carbocycles. The van der Waals surface area contributed by atoms with Crippen LogP contribution in [0.25, 0.3) is 65.7 Å². The standard InChI is InChI=1S/C49H35NS/c1-33-21-23-37(24-22-33)50(38-25-28-40(51)29-26-38)39-27-30-43-46(31-39)41-19-11-12-20-42(41)48-45(35-15-7-3-8-16-35)32-44(34-13-5-2-6-14-34)47(49(43)48)36-17-9-4-10-18-36/h2-32,51H,1H3. The monoisotopic (exact) mass is 669 g/mol. The third-order valence-electron chi connectivity index (χ3n) is 9.98. The van der Waals surface area contributed by atoms with E-state index in [0.29, 0.717) is 0 Å². The lowest BCUT2D eigenvalue weighted by Crippen LogP contribution is -2.10. The number of hydrogen-bond donors (Lipinski definition) is 1. The van der Waals surface area contributed by atoms with E-state index in [1.54, 1.807) is 0 Å². The Morgan fingerprint density at radius 2 is 0.863 bits per heavy atom. The van der Waals surface area contributed by atoms with Gasteiger partial charge in [-0.2, -0.15) is 0 Å². The lowest BCUT2D eigenvalue weighted by Gasteiger charge is -2.27. The van der Waals surface area contributed by atoms with Crippen LogP contribution in [0.3, 0.4) is 0 Å². The number of aryl methyl sites for hydroxylation is 1. The van der Waals surface area contributed by atoms with E-state index in [9.17, 15) is 0 Å². The van der Waals surface area contributed by atoms with Gasteiger partial charge in [-0.3, -0.25) is 0 Å². The smallest absolute Gasteiger partial charge is 0.0468 e. The van der Waals surface area contributed by atoms with Gasteiger partial charge in [-0.05, 0) is 127 Å². The van der Waals surface area contributed by atoms with Crippen molar-refractivity contribution in [3.63, 3.8) is 0 Å². The summed E-state index contributed by atoms with van der Waals surface area (Å²) < 4.78 is 0. The summed E-state index contributed by atoms with van der Waals surface area (Å²) in [5.41, 5.74) is 11.9. The van der Waals surface area contributed by atoms with E-state index in [-0.39, 0.29) is 0 Å². The normalized spacial score (nSPS) is 11.3. The molecule has 0 aliphatic heterocycles. The van der Waals surface area contributed by atoms with Crippen LogP contribution in [0.4, 0.5) is 17.1 Å². The molecule has 0 aliphatic rings. The Morgan fingerprint density at radius 1 is 0.373 bits per heavy atom. The predicted octanol–water partition coefficient (Wildman–Crippen LogP) is 14.2. The second-order valence-electron chi connectivity index (χ2n) is 13.2. The predicted molar refractivity (Wildman–Crippen MR) is 222 cm³/mol. The molecule has 1 nitrogen and oxygen atoms in total. The fraction of sp³-hybridized carbons (Fsp3) is 0.0204. The second kappa shape index (κ2) is 13.0. The van der Waals surface area contributed by atoms with E-state index >= 15 is 0 Å². The van der Waals surface area contributed by atoms with Gasteiger partial charge in [0.1, 0.15) is 0 Å². The molecule has 9 rings (SSSR count). The van der Waals surface area contributed by atoms with Crippen molar-refractivity contribution in [2.45, 2.75) is 11.8 Å². The molecule has 9 aromatic rings. The highest BCUT2D eigenvalue weighted by atomic mass is 32.1. The zero-order valence-electron chi connectivity index (χ0n) is 28.3. The minimum atomic E-state index is 0.940. The topological polar surface area (TPSA) is 3.24 Å². The molecule has 0 radical (unpaired) electrons. The van der Waals surface area contributed by atoms with Gasteiger partial charge in [-0.25, -0.2) is 0 Å². The Bertz CT molecular complexity index is 2620. The molecule has 51 heavy (non-hydrogen) atoms. The summed E-state index contributed by atoms with van der Waals surface area (Å²) in [6.45, 7) is 2.13. The molecule has 0 unspecified atom stereocenters. The first kappa shape index (κ1) is 30.9. The number of thiol groups is 1. The Balaban J connectivity index is 1.45. The summed E-state index contributed by atoms with van der Waals surface area (Å²) >= 11 is 4.60. The molecule has 0 spiro atoms. The highest BCUT2D eigenvalue weighted by Gasteiger charge is 2.22. The van der Waals surface area contributed by atoms with E-state index < -0.39 is 0 Å². The second-order valence-corrected chi connectivity index (χ2v) is 13.7. The van der Waals surface area contributed by atoms with Gasteiger partial charge in [0.25, 0.3) is 0 Å². The SMILES string of the molecule is Cc1ccc(N(c2ccc(S)cc2)c2ccc3c(c2)c2ccccc2c2c(-c4ccccc4)cc(-c4ccccc4)c(-c4ccccc4)c32)cc1. The Labute approximate surface area is 304 Å². The molecule has 2 heteroatoms. The summed E-state index contributed by atoms with van der Waals surface area (Å²) in [4.78, 5) is 3.29. The number of benzene rings is 9. The van der Waals surface area contributed by atoms with Crippen LogP contribution in [-0.4, -0.2) is 0 Å². The third kappa shape index (κ3) is 5.55. The number of rotatable bonds is 6. The third-order valence-corrected chi connectivity index (χ3v) is 10.3. The maximum absolute atomic E-state index is 4.60. The van der Waals surface area contributed by atoms with Gasteiger partial charge in [0.2, 0.25) is 0 Å². The first-order chi connectivity index (χ1) is 25.1. The quantitative estimate of drug-likeness (QED) is 0.136. The summed E-state index contributed by atoms with van der Waals surface area (Å²) in [6, 6.07) is 68.2. The highest BCUT2D eigenvalue weighted by molar-refractivity contribution is 7.80. The first-order valence-corrected chi connectivity index (χ1v) is 17.9. The average molecular weight is 670 g/mol. The summed E-state index contributed by atoms with van der Waals surface area (Å²) in [5.74, 6) is 0. The van der Waals surface area contributed by atoms with Gasteiger partial charge >= 0.3 is 0 Å². The van der Waals surface area contributed by atoms with Crippen LogP contribution in [0.1, 0.15) is 5.56 Å². The van der Waals surface area contributed by atoms with Crippen molar-refractivity contribution in [3.05, 3.63) is 194 Å². The molecule has 242 valence electrons. The van der Waals surface area contributed by atoms with Crippen LogP contribution in [-0.2, 0) is 0 Å². The van der Waals surface area contributed by atoms with Crippen molar-refractivity contribution < 1.29 is 0 Å². The van der Waals surface area contributed by atoms with E-state index in [1.807, 2.05) is 0 Å². The summed E-state index contributed by atoms with van der Waals surface area (Å²) in [7, 11) is 0. The molecule has 9 aromatic carbocycles. The maximum Gasteiger partial charge on any atom is 0.0468 e. The molecular weight excluding hydrogens is 635 g/mol. The molecular formula is C49H35NS. The van der Waals surface area contributed by atoms with Crippen molar-refractivity contribution in [1.82, 2.24) is 0 Å². The van der Waals surface area contributed by atoms with E-state index in [0.717, 1.165) is 22.0 Å². The minimum absolute atomic E-state index is 0.940. The van der Waals surface area contributed by atoms with Gasteiger partial charge in [-0.15, -0.1) is 12.6 Å². The maximum atomic E-state index is 4.60.